The van der Waals surface area contributed by atoms with Crippen LogP contribution in [0.1, 0.15) is 29.7 Å². The van der Waals surface area contributed by atoms with Gasteiger partial charge in [0, 0.05) is 10.0 Å². The molecule has 2 rings (SSSR count). The molecule has 0 bridgehead atoms. The molecule has 0 radical (unpaired) electrons. The van der Waals surface area contributed by atoms with Gasteiger partial charge >= 0.3 is 0 Å². The normalized spacial score (nSPS) is 12.2. The van der Waals surface area contributed by atoms with Crippen molar-refractivity contribution in [3.05, 3.63) is 63.4 Å². The Kier molecular flexibility index (Phi) is 4.78. The van der Waals surface area contributed by atoms with Gasteiger partial charge < -0.3 is 9.84 Å². The summed E-state index contributed by atoms with van der Waals surface area (Å²) in [6.07, 6.45) is -0.604. The summed E-state index contributed by atoms with van der Waals surface area (Å²) in [5, 5.41) is 9.74. The lowest BCUT2D eigenvalue weighted by molar-refractivity contribution is 0.190. The molecule has 106 valence electrons. The first-order valence-electron chi connectivity index (χ1n) is 6.32. The fraction of sp³-hybridized carbons (Fsp3) is 0.250. The standard InChI is InChI=1S/C16H16BrFO2/c1-10-7-14(18)5-3-12(10)9-20-16-8-13(17)4-6-15(16)11(2)19/h3-8,11,19H,9H2,1-2H3. The molecule has 2 nitrogen and oxygen atoms in total. The Morgan fingerprint density at radius 3 is 2.65 bits per heavy atom. The number of rotatable bonds is 4. The smallest absolute Gasteiger partial charge is 0.126 e. The van der Waals surface area contributed by atoms with Crippen LogP contribution in [0, 0.1) is 12.7 Å². The van der Waals surface area contributed by atoms with Crippen molar-refractivity contribution in [1.82, 2.24) is 0 Å². The van der Waals surface area contributed by atoms with Gasteiger partial charge in [-0.15, -0.1) is 0 Å². The van der Waals surface area contributed by atoms with Gasteiger partial charge in [-0.1, -0.05) is 28.1 Å². The molecule has 2 aromatic rings. The van der Waals surface area contributed by atoms with Crippen molar-refractivity contribution in [2.75, 3.05) is 0 Å². The molecule has 0 saturated heterocycles. The number of ether oxygens (including phenoxy) is 1. The van der Waals surface area contributed by atoms with Crippen LogP contribution in [0.4, 0.5) is 4.39 Å². The van der Waals surface area contributed by atoms with Crippen molar-refractivity contribution >= 4 is 15.9 Å². The summed E-state index contributed by atoms with van der Waals surface area (Å²) in [5.74, 6) is 0.372. The first-order valence-corrected chi connectivity index (χ1v) is 7.12. The second kappa shape index (κ2) is 6.37. The number of halogens is 2. The lowest BCUT2D eigenvalue weighted by Gasteiger charge is -2.15. The third-order valence-electron chi connectivity index (χ3n) is 3.11. The fourth-order valence-electron chi connectivity index (χ4n) is 1.96. The van der Waals surface area contributed by atoms with Crippen LogP contribution in [-0.4, -0.2) is 5.11 Å². The number of benzene rings is 2. The molecule has 0 fully saturated rings. The average molecular weight is 339 g/mol. The van der Waals surface area contributed by atoms with E-state index < -0.39 is 6.10 Å². The van der Waals surface area contributed by atoms with E-state index in [0.717, 1.165) is 21.2 Å². The third-order valence-corrected chi connectivity index (χ3v) is 3.61. The van der Waals surface area contributed by atoms with Gasteiger partial charge in [-0.3, -0.25) is 0 Å². The SMILES string of the molecule is Cc1cc(F)ccc1COc1cc(Br)ccc1C(C)O. The molecule has 0 spiro atoms. The van der Waals surface area contributed by atoms with Crippen molar-refractivity contribution in [3.8, 4) is 5.75 Å². The molecule has 2 aromatic carbocycles. The van der Waals surface area contributed by atoms with Crippen LogP contribution in [0.15, 0.2) is 40.9 Å². The maximum absolute atomic E-state index is 13.1. The highest BCUT2D eigenvalue weighted by Crippen LogP contribution is 2.29. The predicted molar refractivity (Wildman–Crippen MR) is 80.2 cm³/mol. The molecule has 0 aliphatic carbocycles. The zero-order valence-electron chi connectivity index (χ0n) is 11.4. The minimum atomic E-state index is -0.604. The molecule has 0 amide bonds. The summed E-state index contributed by atoms with van der Waals surface area (Å²) in [4.78, 5) is 0. The van der Waals surface area contributed by atoms with Gasteiger partial charge in [-0.2, -0.15) is 0 Å². The van der Waals surface area contributed by atoms with Crippen LogP contribution in [0.3, 0.4) is 0 Å². The van der Waals surface area contributed by atoms with Crippen LogP contribution >= 0.6 is 15.9 Å². The third kappa shape index (κ3) is 3.58. The Morgan fingerprint density at radius 2 is 2.00 bits per heavy atom. The van der Waals surface area contributed by atoms with Crippen LogP contribution < -0.4 is 4.74 Å². The molecule has 1 atom stereocenters. The largest absolute Gasteiger partial charge is 0.488 e. The minimum Gasteiger partial charge on any atom is -0.488 e. The number of aryl methyl sites for hydroxylation is 1. The van der Waals surface area contributed by atoms with Gasteiger partial charge in [-0.25, -0.2) is 4.39 Å². The Morgan fingerprint density at radius 1 is 1.25 bits per heavy atom. The topological polar surface area (TPSA) is 29.5 Å². The van der Waals surface area contributed by atoms with Gasteiger partial charge in [0.15, 0.2) is 0 Å². The van der Waals surface area contributed by atoms with Crippen molar-refractivity contribution in [1.29, 1.82) is 0 Å². The van der Waals surface area contributed by atoms with Crippen LogP contribution in [0.5, 0.6) is 5.75 Å². The zero-order valence-corrected chi connectivity index (χ0v) is 12.9. The van der Waals surface area contributed by atoms with E-state index in [9.17, 15) is 9.50 Å². The van der Waals surface area contributed by atoms with Gasteiger partial charge in [0.1, 0.15) is 18.2 Å². The molecule has 0 saturated carbocycles. The number of hydrogen-bond acceptors (Lipinski definition) is 2. The van der Waals surface area contributed by atoms with E-state index in [1.807, 2.05) is 25.1 Å². The molecule has 0 aliphatic heterocycles. The van der Waals surface area contributed by atoms with E-state index in [1.165, 1.54) is 12.1 Å². The lowest BCUT2D eigenvalue weighted by Crippen LogP contribution is -2.02. The van der Waals surface area contributed by atoms with E-state index >= 15 is 0 Å². The molecule has 0 heterocycles. The average Bonchev–Trinajstić information content (AvgIpc) is 2.37. The Hall–Kier alpha value is -1.39. The summed E-state index contributed by atoms with van der Waals surface area (Å²) in [7, 11) is 0. The number of aliphatic hydroxyl groups excluding tert-OH is 1. The van der Waals surface area contributed by atoms with E-state index in [2.05, 4.69) is 15.9 Å². The molecule has 1 unspecified atom stereocenters. The van der Waals surface area contributed by atoms with Crippen molar-refractivity contribution in [3.63, 3.8) is 0 Å². The molecule has 0 aromatic heterocycles. The van der Waals surface area contributed by atoms with E-state index in [0.29, 0.717) is 12.4 Å². The van der Waals surface area contributed by atoms with Crippen LogP contribution in [-0.2, 0) is 6.61 Å². The summed E-state index contributed by atoms with van der Waals surface area (Å²) >= 11 is 3.38. The Balaban J connectivity index is 2.20. The quantitative estimate of drug-likeness (QED) is 0.887. The van der Waals surface area contributed by atoms with Crippen molar-refractivity contribution < 1.29 is 14.2 Å². The van der Waals surface area contributed by atoms with E-state index in [-0.39, 0.29) is 5.82 Å². The molecule has 0 aliphatic rings. The summed E-state index contributed by atoms with van der Waals surface area (Å²) in [5.41, 5.74) is 2.49. The van der Waals surface area contributed by atoms with Gasteiger partial charge in [0.2, 0.25) is 0 Å². The second-order valence-corrected chi connectivity index (χ2v) is 5.63. The second-order valence-electron chi connectivity index (χ2n) is 4.72. The first kappa shape index (κ1) is 15.0. The highest BCUT2D eigenvalue weighted by Gasteiger charge is 2.10. The zero-order chi connectivity index (χ0) is 14.7. The highest BCUT2D eigenvalue weighted by molar-refractivity contribution is 9.10. The number of aliphatic hydroxyl groups is 1. The fourth-order valence-corrected chi connectivity index (χ4v) is 2.30. The predicted octanol–water partition coefficient (Wildman–Crippen LogP) is 4.53. The van der Waals surface area contributed by atoms with Gasteiger partial charge in [0.25, 0.3) is 0 Å². The first-order chi connectivity index (χ1) is 9.47. The molecular weight excluding hydrogens is 323 g/mol. The summed E-state index contributed by atoms with van der Waals surface area (Å²) < 4.78 is 19.7. The summed E-state index contributed by atoms with van der Waals surface area (Å²) in [6.45, 7) is 3.87. The monoisotopic (exact) mass is 338 g/mol. The van der Waals surface area contributed by atoms with E-state index in [4.69, 9.17) is 4.74 Å². The van der Waals surface area contributed by atoms with Crippen molar-refractivity contribution in [2.45, 2.75) is 26.6 Å². The minimum absolute atomic E-state index is 0.252. The maximum Gasteiger partial charge on any atom is 0.126 e. The Labute approximate surface area is 126 Å². The van der Waals surface area contributed by atoms with Gasteiger partial charge in [0.05, 0.1) is 6.10 Å². The molecule has 4 heteroatoms. The van der Waals surface area contributed by atoms with E-state index in [1.54, 1.807) is 13.0 Å². The van der Waals surface area contributed by atoms with Crippen LogP contribution in [0.2, 0.25) is 0 Å². The van der Waals surface area contributed by atoms with Gasteiger partial charge in [-0.05, 0) is 49.2 Å². The molecule has 20 heavy (non-hydrogen) atoms. The molecular formula is C16H16BrFO2. The summed E-state index contributed by atoms with van der Waals surface area (Å²) in [6, 6.07) is 10.1. The molecule has 1 N–H and O–H groups in total. The van der Waals surface area contributed by atoms with Crippen molar-refractivity contribution in [2.24, 2.45) is 0 Å². The highest BCUT2D eigenvalue weighted by atomic mass is 79.9. The lowest BCUT2D eigenvalue weighted by atomic mass is 10.1. The maximum atomic E-state index is 13.1. The van der Waals surface area contributed by atoms with Crippen LogP contribution in [0.25, 0.3) is 0 Å². The number of hydrogen-bond donors (Lipinski definition) is 1. The Bertz CT molecular complexity index is 611.